The average molecular weight is 345 g/mol. The highest BCUT2D eigenvalue weighted by Crippen LogP contribution is 2.41. The van der Waals surface area contributed by atoms with Crippen molar-refractivity contribution in [2.45, 2.75) is 17.1 Å². The molecule has 3 nitrogen and oxygen atoms in total. The molecule has 3 rings (SSSR count). The van der Waals surface area contributed by atoms with Gasteiger partial charge in [0.25, 0.3) is 0 Å². The summed E-state index contributed by atoms with van der Waals surface area (Å²) in [5.41, 5.74) is -0.416. The van der Waals surface area contributed by atoms with Crippen LogP contribution in [0.1, 0.15) is 17.2 Å². The van der Waals surface area contributed by atoms with Gasteiger partial charge in [-0.25, -0.2) is 12.8 Å². The molecule has 2 atom stereocenters. The third kappa shape index (κ3) is 3.09. The van der Waals surface area contributed by atoms with Gasteiger partial charge in [-0.05, 0) is 35.9 Å². The maximum Gasteiger partial charge on any atom is 0.416 e. The highest BCUT2D eigenvalue weighted by molar-refractivity contribution is 7.89. The topological polar surface area (TPSA) is 37.1 Å². The van der Waals surface area contributed by atoms with Gasteiger partial charge in [0, 0.05) is 6.54 Å². The fraction of sp³-hybridized carbons (Fsp3) is 0.200. The molecule has 1 aliphatic rings. The lowest BCUT2D eigenvalue weighted by Gasteiger charge is -2.10. The van der Waals surface area contributed by atoms with Gasteiger partial charge in [-0.15, -0.1) is 0 Å². The average Bonchev–Trinajstić information content (AvgIpc) is 3.28. The van der Waals surface area contributed by atoms with Gasteiger partial charge in [0.05, 0.1) is 16.5 Å². The maximum atomic E-state index is 12.9. The Morgan fingerprint density at radius 3 is 2.30 bits per heavy atom. The van der Waals surface area contributed by atoms with Crippen molar-refractivity contribution in [3.8, 4) is 0 Å². The third-order valence-electron chi connectivity index (χ3n) is 3.59. The molecule has 0 spiro atoms. The van der Waals surface area contributed by atoms with Crippen molar-refractivity contribution in [3.05, 3.63) is 65.5 Å². The molecule has 0 aromatic heterocycles. The summed E-state index contributed by atoms with van der Waals surface area (Å²) in [6.07, 6.45) is -4.61. The van der Waals surface area contributed by atoms with Gasteiger partial charge < -0.3 is 0 Å². The van der Waals surface area contributed by atoms with Gasteiger partial charge >= 0.3 is 6.18 Å². The summed E-state index contributed by atoms with van der Waals surface area (Å²) in [5.74, 6) is -0.443. The summed E-state index contributed by atoms with van der Waals surface area (Å²) in [6.45, 7) is 0.157. The van der Waals surface area contributed by atoms with Gasteiger partial charge in [-0.1, -0.05) is 18.2 Å². The van der Waals surface area contributed by atoms with Crippen LogP contribution >= 0.6 is 0 Å². The number of halogens is 4. The van der Waals surface area contributed by atoms with Gasteiger partial charge in [0.2, 0.25) is 10.0 Å². The van der Waals surface area contributed by atoms with Crippen LogP contribution in [0.4, 0.5) is 17.6 Å². The molecule has 122 valence electrons. The van der Waals surface area contributed by atoms with E-state index < -0.39 is 38.5 Å². The first-order chi connectivity index (χ1) is 10.7. The number of sulfonamides is 1. The first-order valence-electron chi connectivity index (χ1n) is 6.64. The monoisotopic (exact) mass is 345 g/mol. The van der Waals surface area contributed by atoms with Gasteiger partial charge in [-0.2, -0.15) is 17.5 Å². The molecule has 0 saturated carbocycles. The fourth-order valence-corrected chi connectivity index (χ4v) is 3.91. The van der Waals surface area contributed by atoms with Crippen LogP contribution in [0.3, 0.4) is 0 Å². The molecule has 1 aliphatic heterocycles. The summed E-state index contributed by atoms with van der Waals surface area (Å²) in [7, 11) is -4.02. The van der Waals surface area contributed by atoms with Crippen LogP contribution < -0.4 is 0 Å². The number of alkyl halides is 3. The number of rotatable bonds is 3. The van der Waals surface area contributed by atoms with Gasteiger partial charge in [-0.3, -0.25) is 0 Å². The van der Waals surface area contributed by atoms with E-state index in [0.717, 1.165) is 22.5 Å². The van der Waals surface area contributed by atoms with E-state index >= 15 is 0 Å². The molecule has 1 fully saturated rings. The SMILES string of the molecule is O=S(=O)(c1cccc(C(F)(F)F)c1)N1CC1c1ccc(F)cc1. The lowest BCUT2D eigenvalue weighted by atomic mass is 10.2. The predicted octanol–water partition coefficient (Wildman–Crippen LogP) is 3.59. The standard InChI is InChI=1S/C15H11F4NO2S/c16-12-6-4-10(5-7-12)14-9-20(14)23(21,22)13-3-1-2-11(8-13)15(17,18)19/h1-8,14H,9H2. The van der Waals surface area contributed by atoms with E-state index in [1.54, 1.807) is 0 Å². The third-order valence-corrected chi connectivity index (χ3v) is 5.46. The van der Waals surface area contributed by atoms with Crippen molar-refractivity contribution >= 4 is 10.0 Å². The van der Waals surface area contributed by atoms with Crippen LogP contribution in [0.25, 0.3) is 0 Å². The normalized spacial score (nSPS) is 21.2. The van der Waals surface area contributed by atoms with Gasteiger partial charge in [0.1, 0.15) is 5.82 Å². The summed E-state index contributed by atoms with van der Waals surface area (Å²) < 4.78 is 76.9. The number of hydrogen-bond acceptors (Lipinski definition) is 2. The Kier molecular flexibility index (Phi) is 3.68. The zero-order valence-electron chi connectivity index (χ0n) is 11.6. The molecule has 1 heterocycles. The predicted molar refractivity (Wildman–Crippen MR) is 74.5 cm³/mol. The maximum absolute atomic E-state index is 12.9. The van der Waals surface area contributed by atoms with Crippen LogP contribution in [0.2, 0.25) is 0 Å². The smallest absolute Gasteiger partial charge is 0.207 e. The molecule has 0 amide bonds. The van der Waals surface area contributed by atoms with Crippen molar-refractivity contribution in [1.82, 2.24) is 4.31 Å². The van der Waals surface area contributed by atoms with Crippen molar-refractivity contribution in [2.75, 3.05) is 6.54 Å². The fourth-order valence-electron chi connectivity index (χ4n) is 2.31. The van der Waals surface area contributed by atoms with E-state index in [0.29, 0.717) is 11.6 Å². The lowest BCUT2D eigenvalue weighted by Crippen LogP contribution is -2.14. The van der Waals surface area contributed by atoms with Crippen LogP contribution in [-0.2, 0) is 16.2 Å². The van der Waals surface area contributed by atoms with Crippen molar-refractivity contribution in [2.24, 2.45) is 0 Å². The summed E-state index contributed by atoms with van der Waals surface area (Å²) in [4.78, 5) is -0.406. The van der Waals surface area contributed by atoms with Crippen molar-refractivity contribution < 1.29 is 26.0 Å². The number of benzene rings is 2. The summed E-state index contributed by atoms with van der Waals surface area (Å²) >= 11 is 0. The van der Waals surface area contributed by atoms with E-state index in [-0.39, 0.29) is 6.54 Å². The molecule has 2 unspecified atom stereocenters. The largest absolute Gasteiger partial charge is 0.416 e. The zero-order valence-corrected chi connectivity index (χ0v) is 12.4. The van der Waals surface area contributed by atoms with Crippen LogP contribution in [-0.4, -0.2) is 19.3 Å². The minimum Gasteiger partial charge on any atom is -0.207 e. The zero-order chi connectivity index (χ0) is 16.8. The molecule has 0 N–H and O–H groups in total. The van der Waals surface area contributed by atoms with Crippen LogP contribution in [0.5, 0.6) is 0 Å². The quantitative estimate of drug-likeness (QED) is 0.630. The molecule has 0 radical (unpaired) electrons. The number of hydrogen-bond donors (Lipinski definition) is 0. The van der Waals surface area contributed by atoms with E-state index in [9.17, 15) is 26.0 Å². The Morgan fingerprint density at radius 2 is 1.70 bits per heavy atom. The molecular formula is C15H11F4NO2S. The van der Waals surface area contributed by atoms with Crippen molar-refractivity contribution in [3.63, 3.8) is 0 Å². The second kappa shape index (κ2) is 5.31. The van der Waals surface area contributed by atoms with Crippen molar-refractivity contribution in [1.29, 1.82) is 0 Å². The molecule has 0 aliphatic carbocycles. The van der Waals surface area contributed by atoms with Gasteiger partial charge in [0.15, 0.2) is 0 Å². The first kappa shape index (κ1) is 15.9. The van der Waals surface area contributed by atoms with E-state index in [2.05, 4.69) is 0 Å². The van der Waals surface area contributed by atoms with E-state index in [1.807, 2.05) is 0 Å². The highest BCUT2D eigenvalue weighted by Gasteiger charge is 2.46. The summed E-state index contributed by atoms with van der Waals surface area (Å²) in [6, 6.07) is 8.50. The van der Waals surface area contributed by atoms with E-state index in [4.69, 9.17) is 0 Å². The highest BCUT2D eigenvalue weighted by atomic mass is 32.2. The molecule has 2 aromatic carbocycles. The molecule has 23 heavy (non-hydrogen) atoms. The van der Waals surface area contributed by atoms with Crippen LogP contribution in [0.15, 0.2) is 53.4 Å². The number of nitrogens with zero attached hydrogens (tertiary/aromatic N) is 1. The second-order valence-electron chi connectivity index (χ2n) is 5.17. The van der Waals surface area contributed by atoms with E-state index in [1.165, 1.54) is 24.3 Å². The molecular weight excluding hydrogens is 334 g/mol. The lowest BCUT2D eigenvalue weighted by molar-refractivity contribution is -0.137. The Labute approximate surface area is 130 Å². The molecule has 8 heteroatoms. The molecule has 0 bridgehead atoms. The Balaban J connectivity index is 1.88. The second-order valence-corrected chi connectivity index (χ2v) is 7.06. The Bertz CT molecular complexity index is 831. The first-order valence-corrected chi connectivity index (χ1v) is 8.08. The summed E-state index contributed by atoms with van der Waals surface area (Å²) in [5, 5.41) is 0. The Morgan fingerprint density at radius 1 is 1.04 bits per heavy atom. The molecule has 2 aromatic rings. The molecule has 1 saturated heterocycles. The van der Waals surface area contributed by atoms with Crippen LogP contribution in [0, 0.1) is 5.82 Å². The minimum atomic E-state index is -4.61. The minimum absolute atomic E-state index is 0.157. The Hall–Kier alpha value is -1.93.